The molecule has 0 saturated carbocycles. The molecule has 0 bridgehead atoms. The molecule has 1 amide bonds. The van der Waals surface area contributed by atoms with E-state index < -0.39 is 10.2 Å². The second-order valence-corrected chi connectivity index (χ2v) is 7.88. The van der Waals surface area contributed by atoms with E-state index in [-0.39, 0.29) is 5.91 Å². The Labute approximate surface area is 146 Å². The van der Waals surface area contributed by atoms with Crippen LogP contribution in [0.4, 0.5) is 11.4 Å². The van der Waals surface area contributed by atoms with Gasteiger partial charge in [0.1, 0.15) is 0 Å². The highest BCUT2D eigenvalue weighted by Crippen LogP contribution is 2.20. The van der Waals surface area contributed by atoms with Crippen molar-refractivity contribution < 1.29 is 13.2 Å². The summed E-state index contributed by atoms with van der Waals surface area (Å²) in [6.07, 6.45) is 0. The van der Waals surface area contributed by atoms with Crippen molar-refractivity contribution in [3.63, 3.8) is 0 Å². The van der Waals surface area contributed by atoms with Crippen LogP contribution >= 0.6 is 11.6 Å². The number of amides is 1. The second-order valence-electron chi connectivity index (χ2n) is 5.27. The van der Waals surface area contributed by atoms with Gasteiger partial charge in [-0.05, 0) is 42.5 Å². The predicted molar refractivity (Wildman–Crippen MR) is 96.9 cm³/mol. The minimum Gasteiger partial charge on any atom is -0.322 e. The van der Waals surface area contributed by atoms with Gasteiger partial charge >= 0.3 is 10.2 Å². The number of nitrogens with zero attached hydrogens (tertiary/aromatic N) is 2. The second kappa shape index (κ2) is 7.21. The van der Waals surface area contributed by atoms with Gasteiger partial charge in [-0.15, -0.1) is 0 Å². The van der Waals surface area contributed by atoms with Crippen LogP contribution in [-0.2, 0) is 10.2 Å². The van der Waals surface area contributed by atoms with Crippen LogP contribution in [0.3, 0.4) is 0 Å². The maximum Gasteiger partial charge on any atom is 0.303 e. The van der Waals surface area contributed by atoms with E-state index in [1.165, 1.54) is 27.2 Å². The quantitative estimate of drug-likeness (QED) is 0.883. The van der Waals surface area contributed by atoms with Crippen LogP contribution in [0.1, 0.15) is 10.4 Å². The maximum atomic E-state index is 12.3. The van der Waals surface area contributed by atoms with E-state index in [0.717, 1.165) is 8.61 Å². The summed E-state index contributed by atoms with van der Waals surface area (Å²) < 4.78 is 26.6. The van der Waals surface area contributed by atoms with Crippen molar-refractivity contribution in [1.82, 2.24) is 4.31 Å². The van der Waals surface area contributed by atoms with E-state index in [1.807, 2.05) is 0 Å². The van der Waals surface area contributed by atoms with E-state index in [4.69, 9.17) is 11.6 Å². The number of carbonyl (C=O) groups excluding carboxylic acids is 1. The lowest BCUT2D eigenvalue weighted by atomic mass is 10.2. The molecule has 1 N–H and O–H groups in total. The van der Waals surface area contributed by atoms with Gasteiger partial charge in [0.25, 0.3) is 5.91 Å². The van der Waals surface area contributed by atoms with Gasteiger partial charge < -0.3 is 5.32 Å². The lowest BCUT2D eigenvalue weighted by Gasteiger charge is -2.23. The molecule has 2 aromatic carbocycles. The van der Waals surface area contributed by atoms with Gasteiger partial charge in [0.15, 0.2) is 0 Å². The molecular formula is C16H18ClN3O3S. The van der Waals surface area contributed by atoms with Crippen molar-refractivity contribution in [1.29, 1.82) is 0 Å². The Kier molecular flexibility index (Phi) is 5.48. The number of anilines is 2. The lowest BCUT2D eigenvalue weighted by Crippen LogP contribution is -2.37. The lowest BCUT2D eigenvalue weighted by molar-refractivity contribution is 0.102. The zero-order valence-electron chi connectivity index (χ0n) is 13.5. The molecule has 0 heterocycles. The first-order valence-corrected chi connectivity index (χ1v) is 8.82. The Bertz CT molecular complexity index is 836. The van der Waals surface area contributed by atoms with Gasteiger partial charge in [-0.2, -0.15) is 12.7 Å². The third kappa shape index (κ3) is 4.05. The highest BCUT2D eigenvalue weighted by atomic mass is 35.5. The Balaban J connectivity index is 2.23. The molecule has 2 aromatic rings. The third-order valence-electron chi connectivity index (χ3n) is 3.38. The summed E-state index contributed by atoms with van der Waals surface area (Å²) in [6, 6.07) is 13.1. The largest absolute Gasteiger partial charge is 0.322 e. The van der Waals surface area contributed by atoms with E-state index in [0.29, 0.717) is 22.0 Å². The summed E-state index contributed by atoms with van der Waals surface area (Å²) in [5, 5.41) is 3.31. The first-order chi connectivity index (χ1) is 11.2. The van der Waals surface area contributed by atoms with Gasteiger partial charge in [-0.1, -0.05) is 17.7 Å². The first kappa shape index (κ1) is 18.3. The number of hydrogen-bond donors (Lipinski definition) is 1. The topological polar surface area (TPSA) is 69.7 Å². The zero-order valence-corrected chi connectivity index (χ0v) is 15.1. The summed E-state index contributed by atoms with van der Waals surface area (Å²) in [7, 11) is 0.715. The van der Waals surface area contributed by atoms with Gasteiger partial charge in [0.2, 0.25) is 0 Å². The minimum atomic E-state index is -3.62. The van der Waals surface area contributed by atoms with Gasteiger partial charge in [0, 0.05) is 37.4 Å². The summed E-state index contributed by atoms with van der Waals surface area (Å²) in [5.74, 6) is -0.338. The van der Waals surface area contributed by atoms with Gasteiger partial charge in [-0.25, -0.2) is 0 Å². The Morgan fingerprint density at radius 2 is 1.67 bits per heavy atom. The van der Waals surface area contributed by atoms with Gasteiger partial charge in [0.05, 0.1) is 5.69 Å². The van der Waals surface area contributed by atoms with E-state index in [1.54, 1.807) is 42.5 Å². The van der Waals surface area contributed by atoms with Crippen LogP contribution in [0.15, 0.2) is 48.5 Å². The fourth-order valence-electron chi connectivity index (χ4n) is 1.96. The van der Waals surface area contributed by atoms with Crippen LogP contribution in [0.5, 0.6) is 0 Å². The average Bonchev–Trinajstić information content (AvgIpc) is 2.56. The molecule has 6 nitrogen and oxygen atoms in total. The molecule has 0 atom stereocenters. The highest BCUT2D eigenvalue weighted by Gasteiger charge is 2.21. The third-order valence-corrected chi connectivity index (χ3v) is 5.46. The number of carbonyl (C=O) groups is 1. The van der Waals surface area contributed by atoms with Crippen molar-refractivity contribution in [2.45, 2.75) is 0 Å². The smallest absolute Gasteiger partial charge is 0.303 e. The molecule has 0 aliphatic carbocycles. The molecule has 8 heteroatoms. The monoisotopic (exact) mass is 367 g/mol. The fraction of sp³-hybridized carbons (Fsp3) is 0.188. The first-order valence-electron chi connectivity index (χ1n) is 7.05. The van der Waals surface area contributed by atoms with Crippen LogP contribution in [-0.4, -0.2) is 39.8 Å². The number of hydrogen-bond acceptors (Lipinski definition) is 3. The molecule has 0 aliphatic rings. The van der Waals surface area contributed by atoms with Gasteiger partial charge in [-0.3, -0.25) is 9.10 Å². The van der Waals surface area contributed by atoms with Crippen molar-refractivity contribution >= 4 is 39.1 Å². The molecule has 0 spiro atoms. The predicted octanol–water partition coefficient (Wildman–Crippen LogP) is 2.83. The van der Waals surface area contributed by atoms with Crippen molar-refractivity contribution in [3.8, 4) is 0 Å². The van der Waals surface area contributed by atoms with E-state index >= 15 is 0 Å². The molecule has 2 rings (SSSR count). The Hall–Kier alpha value is -2.09. The molecular weight excluding hydrogens is 350 g/mol. The Morgan fingerprint density at radius 3 is 2.25 bits per heavy atom. The number of benzene rings is 2. The fourth-order valence-corrected chi connectivity index (χ4v) is 2.95. The molecule has 0 unspecified atom stereocenters. The van der Waals surface area contributed by atoms with Crippen LogP contribution < -0.4 is 9.62 Å². The average molecular weight is 368 g/mol. The van der Waals surface area contributed by atoms with E-state index in [9.17, 15) is 13.2 Å². The van der Waals surface area contributed by atoms with Crippen LogP contribution in [0.25, 0.3) is 0 Å². The van der Waals surface area contributed by atoms with Crippen LogP contribution in [0, 0.1) is 0 Å². The SMILES string of the molecule is CN(C)S(=O)(=O)N(C)c1cccc(C(=O)Nc2ccc(Cl)cc2)c1. The molecule has 0 saturated heterocycles. The standard InChI is InChI=1S/C16H18ClN3O3S/c1-19(2)24(22,23)20(3)15-6-4-5-12(11-15)16(21)18-14-9-7-13(17)8-10-14/h4-11H,1-3H3,(H,18,21). The highest BCUT2D eigenvalue weighted by molar-refractivity contribution is 7.90. The Morgan fingerprint density at radius 1 is 1.04 bits per heavy atom. The molecule has 0 fully saturated rings. The maximum absolute atomic E-state index is 12.3. The summed E-state index contributed by atoms with van der Waals surface area (Å²) in [4.78, 5) is 12.3. The minimum absolute atomic E-state index is 0.338. The van der Waals surface area contributed by atoms with Crippen molar-refractivity contribution in [3.05, 3.63) is 59.1 Å². The summed E-state index contributed by atoms with van der Waals surface area (Å²) in [6.45, 7) is 0. The molecule has 24 heavy (non-hydrogen) atoms. The molecule has 0 aliphatic heterocycles. The van der Waals surface area contributed by atoms with E-state index in [2.05, 4.69) is 5.32 Å². The van der Waals surface area contributed by atoms with Crippen molar-refractivity contribution in [2.24, 2.45) is 0 Å². The number of halogens is 1. The molecule has 0 aromatic heterocycles. The summed E-state index contributed by atoms with van der Waals surface area (Å²) in [5.41, 5.74) is 1.35. The number of nitrogens with one attached hydrogen (secondary N) is 1. The van der Waals surface area contributed by atoms with Crippen molar-refractivity contribution in [2.75, 3.05) is 30.8 Å². The van der Waals surface area contributed by atoms with Crippen LogP contribution in [0.2, 0.25) is 5.02 Å². The number of rotatable bonds is 5. The molecule has 0 radical (unpaired) electrons. The zero-order chi connectivity index (χ0) is 17.9. The summed E-state index contributed by atoms with van der Waals surface area (Å²) >= 11 is 5.81. The molecule has 128 valence electrons. The normalized spacial score (nSPS) is 11.4.